The fraction of sp³-hybridized carbons (Fsp3) is 0.579. The number of pyridine rings is 1. The van der Waals surface area contributed by atoms with Crippen LogP contribution in [0.4, 0.5) is 19.5 Å². The van der Waals surface area contributed by atoms with Crippen molar-refractivity contribution in [2.24, 2.45) is 0 Å². The lowest BCUT2D eigenvalue weighted by Crippen LogP contribution is -2.42. The molecule has 1 aliphatic rings. The van der Waals surface area contributed by atoms with Crippen LogP contribution >= 0.6 is 11.6 Å². The highest BCUT2D eigenvalue weighted by molar-refractivity contribution is 6.29. The molecule has 2 N–H and O–H groups in total. The normalized spacial score (nSPS) is 20.0. The summed E-state index contributed by atoms with van der Waals surface area (Å²) in [6.45, 7) is 5.46. The molecule has 0 spiro atoms. The summed E-state index contributed by atoms with van der Waals surface area (Å²) in [4.78, 5) is 24.3. The zero-order valence-electron chi connectivity index (χ0n) is 16.5. The van der Waals surface area contributed by atoms with Gasteiger partial charge in [0, 0.05) is 17.6 Å². The topological polar surface area (TPSA) is 89.0 Å². The molecule has 1 amide bonds. The molecule has 0 aromatic carbocycles. The van der Waals surface area contributed by atoms with Crippen molar-refractivity contribution in [1.82, 2.24) is 20.3 Å². The molecule has 0 unspecified atom stereocenters. The van der Waals surface area contributed by atoms with Crippen molar-refractivity contribution in [3.05, 3.63) is 23.0 Å². The molecule has 10 heteroatoms. The number of hydrogen-bond acceptors (Lipinski definition) is 6. The van der Waals surface area contributed by atoms with Gasteiger partial charge in [0.25, 0.3) is 6.43 Å². The van der Waals surface area contributed by atoms with Crippen LogP contribution in [-0.2, 0) is 4.74 Å². The predicted molar refractivity (Wildman–Crippen MR) is 106 cm³/mol. The molecule has 1 fully saturated rings. The van der Waals surface area contributed by atoms with E-state index < -0.39 is 18.1 Å². The van der Waals surface area contributed by atoms with Gasteiger partial charge in [-0.2, -0.15) is 0 Å². The first-order valence-corrected chi connectivity index (χ1v) is 9.86. The quantitative estimate of drug-likeness (QED) is 0.677. The summed E-state index contributed by atoms with van der Waals surface area (Å²) >= 11 is 5.79. The van der Waals surface area contributed by atoms with Gasteiger partial charge in [-0.15, -0.1) is 0 Å². The summed E-state index contributed by atoms with van der Waals surface area (Å²) in [7, 11) is 0. The predicted octanol–water partition coefficient (Wildman–Crippen LogP) is 4.86. The van der Waals surface area contributed by atoms with E-state index in [1.807, 2.05) is 20.8 Å². The summed E-state index contributed by atoms with van der Waals surface area (Å²) in [5.41, 5.74) is -0.492. The summed E-state index contributed by atoms with van der Waals surface area (Å²) in [6, 6.07) is 1.25. The molecule has 3 rings (SSSR count). The molecular formula is C19H24ClF2N5O2. The van der Waals surface area contributed by atoms with Crippen molar-refractivity contribution < 1.29 is 18.3 Å². The standard InChI is InChI=1S/C19H24ClF2N5O2/c1-19(2,3)29-18(28)25-11-6-4-10(5-7-11)24-17-23-9-13-15(27-17)12(16(21)22)8-14(20)26-13/h8-11,16H,4-7H2,1-3H3,(H,25,28)(H,23,24,27)/t10-,11-. The Morgan fingerprint density at radius 3 is 2.48 bits per heavy atom. The molecule has 2 aromatic heterocycles. The number of amides is 1. The second-order valence-electron chi connectivity index (χ2n) is 8.10. The molecule has 0 radical (unpaired) electrons. The number of rotatable bonds is 4. The van der Waals surface area contributed by atoms with Crippen molar-refractivity contribution >= 4 is 34.7 Å². The van der Waals surface area contributed by atoms with Crippen LogP contribution in [0.15, 0.2) is 12.3 Å². The van der Waals surface area contributed by atoms with Crippen LogP contribution in [0.3, 0.4) is 0 Å². The Kier molecular flexibility index (Phi) is 6.36. The van der Waals surface area contributed by atoms with Gasteiger partial charge in [0.05, 0.1) is 6.20 Å². The Hall–Kier alpha value is -2.29. The van der Waals surface area contributed by atoms with Crippen LogP contribution in [0.5, 0.6) is 0 Å². The highest BCUT2D eigenvalue weighted by Crippen LogP contribution is 2.29. The van der Waals surface area contributed by atoms with Crippen LogP contribution in [-0.4, -0.2) is 38.7 Å². The zero-order valence-corrected chi connectivity index (χ0v) is 17.3. The van der Waals surface area contributed by atoms with Crippen LogP contribution in [0.2, 0.25) is 5.15 Å². The number of fused-ring (bicyclic) bond motifs is 1. The van der Waals surface area contributed by atoms with Gasteiger partial charge in [-0.3, -0.25) is 0 Å². The number of nitrogens with zero attached hydrogens (tertiary/aromatic N) is 3. The minimum atomic E-state index is -2.71. The van der Waals surface area contributed by atoms with Crippen LogP contribution in [0.25, 0.3) is 11.0 Å². The molecule has 2 aromatic rings. The molecule has 2 heterocycles. The zero-order chi connectivity index (χ0) is 21.2. The second-order valence-corrected chi connectivity index (χ2v) is 8.49. The number of alkyl carbamates (subject to hydrolysis) is 1. The molecule has 0 aliphatic heterocycles. The molecule has 1 saturated carbocycles. The number of hydrogen-bond donors (Lipinski definition) is 2. The van der Waals surface area contributed by atoms with Crippen molar-refractivity contribution in [2.75, 3.05) is 5.32 Å². The SMILES string of the molecule is CC(C)(C)OC(=O)N[C@H]1CC[C@H](Nc2ncc3nc(Cl)cc(C(F)F)c3n2)CC1. The average Bonchev–Trinajstić information content (AvgIpc) is 2.61. The largest absolute Gasteiger partial charge is 0.444 e. The third-order valence-electron chi connectivity index (χ3n) is 4.56. The molecular weight excluding hydrogens is 404 g/mol. The second kappa shape index (κ2) is 8.61. The molecule has 0 atom stereocenters. The molecule has 0 bridgehead atoms. The fourth-order valence-corrected chi connectivity index (χ4v) is 3.50. The first-order valence-electron chi connectivity index (χ1n) is 9.48. The number of ether oxygens (including phenoxy) is 1. The number of carbonyl (C=O) groups excluding carboxylic acids is 1. The lowest BCUT2D eigenvalue weighted by molar-refractivity contribution is 0.0492. The van der Waals surface area contributed by atoms with Gasteiger partial charge in [0.2, 0.25) is 5.95 Å². The van der Waals surface area contributed by atoms with E-state index in [4.69, 9.17) is 16.3 Å². The van der Waals surface area contributed by atoms with Crippen LogP contribution in [0, 0.1) is 0 Å². The first-order chi connectivity index (χ1) is 13.6. The number of anilines is 1. The maximum absolute atomic E-state index is 13.3. The van der Waals surface area contributed by atoms with Crippen molar-refractivity contribution in [3.63, 3.8) is 0 Å². The summed E-state index contributed by atoms with van der Waals surface area (Å²) in [6.07, 6.45) is 1.35. The smallest absolute Gasteiger partial charge is 0.407 e. The number of aromatic nitrogens is 3. The summed E-state index contributed by atoms with van der Waals surface area (Å²) < 4.78 is 31.9. The minimum absolute atomic E-state index is 0.0204. The van der Waals surface area contributed by atoms with E-state index in [2.05, 4.69) is 25.6 Å². The number of alkyl halides is 2. The van der Waals surface area contributed by atoms with E-state index in [-0.39, 0.29) is 39.8 Å². The summed E-state index contributed by atoms with van der Waals surface area (Å²) in [5, 5.41) is 6.06. The molecule has 1 aliphatic carbocycles. The highest BCUT2D eigenvalue weighted by atomic mass is 35.5. The fourth-order valence-electron chi connectivity index (χ4n) is 3.29. The molecule has 7 nitrogen and oxygen atoms in total. The molecule has 29 heavy (non-hydrogen) atoms. The van der Waals surface area contributed by atoms with Gasteiger partial charge in [-0.05, 0) is 52.5 Å². The van der Waals surface area contributed by atoms with E-state index in [0.717, 1.165) is 31.7 Å². The number of carbonyl (C=O) groups is 1. The van der Waals surface area contributed by atoms with E-state index in [1.165, 1.54) is 6.20 Å². The third kappa shape index (κ3) is 5.85. The maximum Gasteiger partial charge on any atom is 0.407 e. The van der Waals surface area contributed by atoms with Gasteiger partial charge >= 0.3 is 6.09 Å². The van der Waals surface area contributed by atoms with Crippen LogP contribution < -0.4 is 10.6 Å². The van der Waals surface area contributed by atoms with Gasteiger partial charge in [0.1, 0.15) is 21.8 Å². The van der Waals surface area contributed by atoms with E-state index in [1.54, 1.807) is 0 Å². The van der Waals surface area contributed by atoms with E-state index >= 15 is 0 Å². The van der Waals surface area contributed by atoms with Gasteiger partial charge in [-0.1, -0.05) is 11.6 Å². The third-order valence-corrected chi connectivity index (χ3v) is 4.75. The minimum Gasteiger partial charge on any atom is -0.444 e. The average molecular weight is 428 g/mol. The Balaban J connectivity index is 1.60. The molecule has 0 saturated heterocycles. The lowest BCUT2D eigenvalue weighted by atomic mass is 9.91. The molecule has 158 valence electrons. The first kappa shape index (κ1) is 21.4. The Labute approximate surface area is 172 Å². The Bertz CT molecular complexity index is 883. The lowest BCUT2D eigenvalue weighted by Gasteiger charge is -2.30. The van der Waals surface area contributed by atoms with Crippen molar-refractivity contribution in [1.29, 1.82) is 0 Å². The van der Waals surface area contributed by atoms with Crippen LogP contribution in [0.1, 0.15) is 58.4 Å². The highest BCUT2D eigenvalue weighted by Gasteiger charge is 2.25. The van der Waals surface area contributed by atoms with Crippen molar-refractivity contribution in [2.45, 2.75) is 70.6 Å². The number of halogens is 3. The Morgan fingerprint density at radius 1 is 1.21 bits per heavy atom. The van der Waals surface area contributed by atoms with E-state index in [0.29, 0.717) is 0 Å². The van der Waals surface area contributed by atoms with E-state index in [9.17, 15) is 13.6 Å². The van der Waals surface area contributed by atoms with Gasteiger partial charge in [0.15, 0.2) is 0 Å². The maximum atomic E-state index is 13.3. The van der Waals surface area contributed by atoms with Gasteiger partial charge < -0.3 is 15.4 Å². The Morgan fingerprint density at radius 2 is 1.86 bits per heavy atom. The van der Waals surface area contributed by atoms with Crippen molar-refractivity contribution in [3.8, 4) is 0 Å². The number of nitrogens with one attached hydrogen (secondary N) is 2. The van der Waals surface area contributed by atoms with Gasteiger partial charge in [-0.25, -0.2) is 28.5 Å². The summed E-state index contributed by atoms with van der Waals surface area (Å²) in [5.74, 6) is 0.270. The monoisotopic (exact) mass is 427 g/mol.